The van der Waals surface area contributed by atoms with Crippen LogP contribution in [0.25, 0.3) is 10.8 Å². The number of rotatable bonds is 8. The molecule has 3 heteroatoms. The molecule has 3 rings (SSSR count). The molecule has 0 radical (unpaired) electrons. The molecule has 0 aliphatic rings. The molecule has 0 saturated heterocycles. The summed E-state index contributed by atoms with van der Waals surface area (Å²) in [5.74, 6) is 0.865. The van der Waals surface area contributed by atoms with Crippen LogP contribution < -0.4 is 15.8 Å². The number of nitrogens with two attached hydrogens (primary N) is 1. The molecule has 3 N–H and O–H groups in total. The summed E-state index contributed by atoms with van der Waals surface area (Å²) < 4.78 is 5.18. The molecule has 0 amide bonds. The van der Waals surface area contributed by atoms with E-state index in [1.807, 2.05) is 24.3 Å². The summed E-state index contributed by atoms with van der Waals surface area (Å²) in [6.07, 6.45) is 1.95. The number of methoxy groups -OCH3 is 1. The summed E-state index contributed by atoms with van der Waals surface area (Å²) >= 11 is 0. The maximum absolute atomic E-state index is 6.27. The lowest BCUT2D eigenvalue weighted by atomic mass is 10.0. The van der Waals surface area contributed by atoms with Crippen molar-refractivity contribution < 1.29 is 4.74 Å². The van der Waals surface area contributed by atoms with Crippen LogP contribution in [0.4, 0.5) is 0 Å². The smallest absolute Gasteiger partial charge is 0.118 e. The Kier molecular flexibility index (Phi) is 6.04. The fraction of sp³-hybridized carbons (Fsp3) is 0.273. The van der Waals surface area contributed by atoms with Crippen LogP contribution in [0.3, 0.4) is 0 Å². The maximum atomic E-state index is 6.27. The van der Waals surface area contributed by atoms with Crippen LogP contribution in [0.5, 0.6) is 5.75 Å². The lowest BCUT2D eigenvalue weighted by Gasteiger charge is -2.13. The van der Waals surface area contributed by atoms with E-state index in [2.05, 4.69) is 47.8 Å². The molecular formula is C22H26N2O. The number of ether oxygens (including phenoxy) is 1. The van der Waals surface area contributed by atoms with E-state index in [0.717, 1.165) is 37.2 Å². The molecule has 3 nitrogen and oxygen atoms in total. The number of hydrogen-bond acceptors (Lipinski definition) is 3. The first-order chi connectivity index (χ1) is 12.3. The third-order valence-corrected chi connectivity index (χ3v) is 4.63. The van der Waals surface area contributed by atoms with Crippen molar-refractivity contribution in [2.75, 3.05) is 20.2 Å². The van der Waals surface area contributed by atoms with Crippen LogP contribution in [0.1, 0.15) is 23.6 Å². The normalized spacial score (nSPS) is 12.2. The van der Waals surface area contributed by atoms with Crippen molar-refractivity contribution in [3.63, 3.8) is 0 Å². The van der Waals surface area contributed by atoms with Gasteiger partial charge in [-0.2, -0.15) is 0 Å². The highest BCUT2D eigenvalue weighted by atomic mass is 16.5. The van der Waals surface area contributed by atoms with E-state index in [1.165, 1.54) is 16.3 Å². The Morgan fingerprint density at radius 3 is 2.48 bits per heavy atom. The fourth-order valence-electron chi connectivity index (χ4n) is 3.13. The fourth-order valence-corrected chi connectivity index (χ4v) is 3.13. The number of nitrogens with one attached hydrogen (secondary N) is 1. The van der Waals surface area contributed by atoms with Gasteiger partial charge in [0.05, 0.1) is 7.11 Å². The Morgan fingerprint density at radius 2 is 1.68 bits per heavy atom. The van der Waals surface area contributed by atoms with E-state index in [9.17, 15) is 0 Å². The third kappa shape index (κ3) is 4.59. The Hall–Kier alpha value is -2.36. The van der Waals surface area contributed by atoms with Crippen LogP contribution in [-0.4, -0.2) is 20.2 Å². The summed E-state index contributed by atoms with van der Waals surface area (Å²) in [5.41, 5.74) is 8.82. The standard InChI is InChI=1S/C22H26N2O/c1-25-20-11-9-19(10-12-20)22(23)14-16-24-15-13-18-7-4-6-17-5-2-3-8-21(17)18/h2-12,22,24H,13-16,23H2,1H3. The topological polar surface area (TPSA) is 47.3 Å². The van der Waals surface area contributed by atoms with Gasteiger partial charge >= 0.3 is 0 Å². The van der Waals surface area contributed by atoms with Crippen molar-refractivity contribution in [3.05, 3.63) is 77.9 Å². The van der Waals surface area contributed by atoms with Crippen molar-refractivity contribution >= 4 is 10.8 Å². The minimum absolute atomic E-state index is 0.0518. The Balaban J connectivity index is 1.45. The lowest BCUT2D eigenvalue weighted by Crippen LogP contribution is -2.23. The monoisotopic (exact) mass is 334 g/mol. The van der Waals surface area contributed by atoms with E-state index in [-0.39, 0.29) is 6.04 Å². The number of fused-ring (bicyclic) bond motifs is 1. The SMILES string of the molecule is COc1ccc(C(N)CCNCCc2cccc3ccccc23)cc1. The van der Waals surface area contributed by atoms with Crippen molar-refractivity contribution in [2.24, 2.45) is 5.73 Å². The molecule has 0 fully saturated rings. The quantitative estimate of drug-likeness (QED) is 0.611. The largest absolute Gasteiger partial charge is 0.497 e. The molecule has 0 aromatic heterocycles. The lowest BCUT2D eigenvalue weighted by molar-refractivity contribution is 0.414. The first-order valence-corrected chi connectivity index (χ1v) is 8.85. The Labute approximate surface area is 149 Å². The summed E-state index contributed by atoms with van der Waals surface area (Å²) in [6, 6.07) is 23.1. The van der Waals surface area contributed by atoms with E-state index >= 15 is 0 Å². The molecular weight excluding hydrogens is 308 g/mol. The Morgan fingerprint density at radius 1 is 0.920 bits per heavy atom. The van der Waals surface area contributed by atoms with Gasteiger partial charge in [0.25, 0.3) is 0 Å². The van der Waals surface area contributed by atoms with Gasteiger partial charge in [0.15, 0.2) is 0 Å². The molecule has 1 atom stereocenters. The molecule has 0 bridgehead atoms. The van der Waals surface area contributed by atoms with Crippen molar-refractivity contribution in [1.29, 1.82) is 0 Å². The summed E-state index contributed by atoms with van der Waals surface area (Å²) in [6.45, 7) is 1.88. The molecule has 3 aromatic rings. The minimum Gasteiger partial charge on any atom is -0.497 e. The van der Waals surface area contributed by atoms with Gasteiger partial charge in [-0.15, -0.1) is 0 Å². The molecule has 0 aliphatic carbocycles. The number of benzene rings is 3. The summed E-state index contributed by atoms with van der Waals surface area (Å²) in [5, 5.41) is 6.17. The molecule has 130 valence electrons. The molecule has 0 heterocycles. The van der Waals surface area contributed by atoms with Gasteiger partial charge in [-0.3, -0.25) is 0 Å². The minimum atomic E-state index is 0.0518. The van der Waals surface area contributed by atoms with E-state index in [4.69, 9.17) is 10.5 Å². The van der Waals surface area contributed by atoms with Crippen LogP contribution in [0, 0.1) is 0 Å². The second kappa shape index (κ2) is 8.65. The predicted octanol–water partition coefficient (Wildman–Crippen LogP) is 4.07. The predicted molar refractivity (Wildman–Crippen MR) is 105 cm³/mol. The van der Waals surface area contributed by atoms with Crippen LogP contribution >= 0.6 is 0 Å². The highest BCUT2D eigenvalue weighted by Gasteiger charge is 2.06. The average molecular weight is 334 g/mol. The van der Waals surface area contributed by atoms with Crippen molar-refractivity contribution in [2.45, 2.75) is 18.9 Å². The highest BCUT2D eigenvalue weighted by molar-refractivity contribution is 5.85. The van der Waals surface area contributed by atoms with E-state index in [1.54, 1.807) is 7.11 Å². The molecule has 0 spiro atoms. The zero-order valence-corrected chi connectivity index (χ0v) is 14.7. The van der Waals surface area contributed by atoms with E-state index < -0.39 is 0 Å². The summed E-state index contributed by atoms with van der Waals surface area (Å²) in [7, 11) is 1.68. The molecule has 1 unspecified atom stereocenters. The van der Waals surface area contributed by atoms with Gasteiger partial charge in [-0.1, -0.05) is 54.6 Å². The average Bonchev–Trinajstić information content (AvgIpc) is 2.67. The summed E-state index contributed by atoms with van der Waals surface area (Å²) in [4.78, 5) is 0. The zero-order chi connectivity index (χ0) is 17.5. The van der Waals surface area contributed by atoms with Crippen LogP contribution in [0.15, 0.2) is 66.7 Å². The zero-order valence-electron chi connectivity index (χ0n) is 14.7. The van der Waals surface area contributed by atoms with Gasteiger partial charge in [-0.05, 0) is 60.0 Å². The maximum Gasteiger partial charge on any atom is 0.118 e. The van der Waals surface area contributed by atoms with Gasteiger partial charge < -0.3 is 15.8 Å². The van der Waals surface area contributed by atoms with Crippen molar-refractivity contribution in [3.8, 4) is 5.75 Å². The van der Waals surface area contributed by atoms with Gasteiger partial charge in [0.1, 0.15) is 5.75 Å². The number of hydrogen-bond donors (Lipinski definition) is 2. The first-order valence-electron chi connectivity index (χ1n) is 8.85. The molecule has 0 saturated carbocycles. The van der Waals surface area contributed by atoms with Crippen molar-refractivity contribution in [1.82, 2.24) is 5.32 Å². The third-order valence-electron chi connectivity index (χ3n) is 4.63. The van der Waals surface area contributed by atoms with Crippen LogP contribution in [-0.2, 0) is 6.42 Å². The second-order valence-corrected chi connectivity index (χ2v) is 6.31. The molecule has 0 aliphatic heterocycles. The highest BCUT2D eigenvalue weighted by Crippen LogP contribution is 2.19. The molecule has 25 heavy (non-hydrogen) atoms. The van der Waals surface area contributed by atoms with Gasteiger partial charge in [0, 0.05) is 6.04 Å². The van der Waals surface area contributed by atoms with Crippen LogP contribution in [0.2, 0.25) is 0 Å². The Bertz CT molecular complexity index is 793. The van der Waals surface area contributed by atoms with Gasteiger partial charge in [0.2, 0.25) is 0 Å². The van der Waals surface area contributed by atoms with E-state index in [0.29, 0.717) is 0 Å². The second-order valence-electron chi connectivity index (χ2n) is 6.31. The first kappa shape index (κ1) is 17.5. The van der Waals surface area contributed by atoms with Gasteiger partial charge in [-0.25, -0.2) is 0 Å². The molecule has 3 aromatic carbocycles.